The molecule has 4 nitrogen and oxygen atoms in total. The summed E-state index contributed by atoms with van der Waals surface area (Å²) in [6, 6.07) is 3.74. The Morgan fingerprint density at radius 1 is 1.38 bits per heavy atom. The topological polar surface area (TPSA) is 51.0 Å². The second-order valence-electron chi connectivity index (χ2n) is 3.96. The molecule has 3 rings (SSSR count). The minimum Gasteiger partial charge on any atom is -0.461 e. The van der Waals surface area contributed by atoms with Gasteiger partial charge in [0.15, 0.2) is 11.6 Å². The molecule has 0 unspecified atom stereocenters. The van der Waals surface area contributed by atoms with Gasteiger partial charge in [-0.25, -0.2) is 9.97 Å². The maximum absolute atomic E-state index is 5.32. The smallest absolute Gasteiger partial charge is 0.196 e. The van der Waals surface area contributed by atoms with Crippen LogP contribution >= 0.6 is 0 Å². The summed E-state index contributed by atoms with van der Waals surface area (Å²) in [7, 11) is 0. The normalized spacial score (nSPS) is 14.8. The fraction of sp³-hybridized carbons (Fsp3) is 0.333. The predicted octanol–water partition coefficient (Wildman–Crippen LogP) is 1.69. The van der Waals surface area contributed by atoms with E-state index in [1.54, 1.807) is 6.26 Å². The molecule has 3 heterocycles. The van der Waals surface area contributed by atoms with Gasteiger partial charge in [0.25, 0.3) is 0 Å². The van der Waals surface area contributed by atoms with Gasteiger partial charge < -0.3 is 9.73 Å². The summed E-state index contributed by atoms with van der Waals surface area (Å²) < 4.78 is 5.32. The molecular weight excluding hydrogens is 202 g/mol. The molecule has 16 heavy (non-hydrogen) atoms. The SMILES string of the molecule is Cc1nc(-c2ccco2)nc2c1CCNC2. The van der Waals surface area contributed by atoms with Gasteiger partial charge in [-0.1, -0.05) is 0 Å². The minimum atomic E-state index is 0.685. The van der Waals surface area contributed by atoms with E-state index in [1.807, 2.05) is 19.1 Å². The van der Waals surface area contributed by atoms with Crippen molar-refractivity contribution in [2.75, 3.05) is 6.54 Å². The van der Waals surface area contributed by atoms with Crippen molar-refractivity contribution in [3.05, 3.63) is 35.3 Å². The van der Waals surface area contributed by atoms with Crippen LogP contribution in [0.5, 0.6) is 0 Å². The summed E-state index contributed by atoms with van der Waals surface area (Å²) in [5, 5.41) is 3.32. The summed E-state index contributed by atoms with van der Waals surface area (Å²) in [6.07, 6.45) is 2.66. The van der Waals surface area contributed by atoms with Gasteiger partial charge in [-0.05, 0) is 37.6 Å². The van der Waals surface area contributed by atoms with Gasteiger partial charge >= 0.3 is 0 Å². The molecule has 4 heteroatoms. The van der Waals surface area contributed by atoms with Crippen LogP contribution in [0.2, 0.25) is 0 Å². The number of nitrogens with one attached hydrogen (secondary N) is 1. The van der Waals surface area contributed by atoms with E-state index >= 15 is 0 Å². The first kappa shape index (κ1) is 9.54. The van der Waals surface area contributed by atoms with E-state index in [0.717, 1.165) is 36.7 Å². The van der Waals surface area contributed by atoms with Gasteiger partial charge in [-0.15, -0.1) is 0 Å². The maximum Gasteiger partial charge on any atom is 0.196 e. The van der Waals surface area contributed by atoms with Crippen LogP contribution in [0.4, 0.5) is 0 Å². The van der Waals surface area contributed by atoms with Crippen LogP contribution in [0, 0.1) is 6.92 Å². The zero-order chi connectivity index (χ0) is 11.0. The van der Waals surface area contributed by atoms with Crippen LogP contribution in [-0.4, -0.2) is 16.5 Å². The Morgan fingerprint density at radius 2 is 2.31 bits per heavy atom. The Balaban J connectivity index is 2.12. The molecule has 0 fully saturated rings. The fourth-order valence-electron chi connectivity index (χ4n) is 2.06. The highest BCUT2D eigenvalue weighted by molar-refractivity contribution is 5.48. The number of hydrogen-bond acceptors (Lipinski definition) is 4. The zero-order valence-electron chi connectivity index (χ0n) is 9.16. The summed E-state index contributed by atoms with van der Waals surface area (Å²) in [5.41, 5.74) is 3.46. The molecule has 0 saturated carbocycles. The fourth-order valence-corrected chi connectivity index (χ4v) is 2.06. The number of rotatable bonds is 1. The monoisotopic (exact) mass is 215 g/mol. The molecule has 1 N–H and O–H groups in total. The number of aromatic nitrogens is 2. The second-order valence-corrected chi connectivity index (χ2v) is 3.96. The molecule has 0 spiro atoms. The summed E-state index contributed by atoms with van der Waals surface area (Å²) in [6.45, 7) is 3.88. The lowest BCUT2D eigenvalue weighted by atomic mass is 10.0. The van der Waals surface area contributed by atoms with Crippen molar-refractivity contribution in [3.8, 4) is 11.6 Å². The van der Waals surface area contributed by atoms with Crippen LogP contribution < -0.4 is 5.32 Å². The minimum absolute atomic E-state index is 0.685. The Hall–Kier alpha value is -1.68. The van der Waals surface area contributed by atoms with Crippen molar-refractivity contribution in [2.45, 2.75) is 19.9 Å². The van der Waals surface area contributed by atoms with Crippen molar-refractivity contribution in [3.63, 3.8) is 0 Å². The first-order valence-corrected chi connectivity index (χ1v) is 5.45. The Labute approximate surface area is 93.7 Å². The van der Waals surface area contributed by atoms with Gasteiger partial charge in [0.2, 0.25) is 0 Å². The molecule has 82 valence electrons. The number of fused-ring (bicyclic) bond motifs is 1. The Bertz CT molecular complexity index is 505. The third kappa shape index (κ3) is 1.51. The largest absolute Gasteiger partial charge is 0.461 e. The molecule has 0 aromatic carbocycles. The first-order chi connectivity index (χ1) is 7.84. The van der Waals surface area contributed by atoms with Crippen molar-refractivity contribution in [1.29, 1.82) is 0 Å². The van der Waals surface area contributed by atoms with Crippen molar-refractivity contribution in [1.82, 2.24) is 15.3 Å². The molecule has 2 aromatic heterocycles. The van der Waals surface area contributed by atoms with E-state index in [-0.39, 0.29) is 0 Å². The van der Waals surface area contributed by atoms with E-state index in [2.05, 4.69) is 15.3 Å². The second kappa shape index (κ2) is 3.72. The molecule has 2 aromatic rings. The third-order valence-electron chi connectivity index (χ3n) is 2.89. The van der Waals surface area contributed by atoms with Crippen LogP contribution in [0.25, 0.3) is 11.6 Å². The highest BCUT2D eigenvalue weighted by Crippen LogP contribution is 2.21. The van der Waals surface area contributed by atoms with Crippen LogP contribution in [0.15, 0.2) is 22.8 Å². The number of furan rings is 1. The number of hydrogen-bond donors (Lipinski definition) is 1. The van der Waals surface area contributed by atoms with Gasteiger partial charge in [-0.3, -0.25) is 0 Å². The van der Waals surface area contributed by atoms with Crippen LogP contribution in [0.3, 0.4) is 0 Å². The molecular formula is C12H13N3O. The zero-order valence-corrected chi connectivity index (χ0v) is 9.16. The standard InChI is InChI=1S/C12H13N3O/c1-8-9-4-5-13-7-10(9)15-12(14-8)11-3-2-6-16-11/h2-3,6,13H,4-5,7H2,1H3. The van der Waals surface area contributed by atoms with E-state index in [1.165, 1.54) is 5.56 Å². The van der Waals surface area contributed by atoms with E-state index < -0.39 is 0 Å². The number of aryl methyl sites for hydroxylation is 1. The molecule has 0 bridgehead atoms. The average Bonchev–Trinajstić information content (AvgIpc) is 2.82. The molecule has 0 atom stereocenters. The maximum atomic E-state index is 5.32. The van der Waals surface area contributed by atoms with Crippen LogP contribution in [0.1, 0.15) is 17.0 Å². The van der Waals surface area contributed by atoms with Crippen molar-refractivity contribution in [2.24, 2.45) is 0 Å². The lowest BCUT2D eigenvalue weighted by Crippen LogP contribution is -2.26. The first-order valence-electron chi connectivity index (χ1n) is 5.45. The van der Waals surface area contributed by atoms with Crippen molar-refractivity contribution >= 4 is 0 Å². The number of nitrogens with zero attached hydrogens (tertiary/aromatic N) is 2. The van der Waals surface area contributed by atoms with Crippen molar-refractivity contribution < 1.29 is 4.42 Å². The average molecular weight is 215 g/mol. The van der Waals surface area contributed by atoms with E-state index in [0.29, 0.717) is 5.82 Å². The highest BCUT2D eigenvalue weighted by atomic mass is 16.3. The van der Waals surface area contributed by atoms with Gasteiger partial charge in [-0.2, -0.15) is 0 Å². The lowest BCUT2D eigenvalue weighted by molar-refractivity contribution is 0.572. The molecule has 0 saturated heterocycles. The quantitative estimate of drug-likeness (QED) is 0.786. The molecule has 0 amide bonds. The van der Waals surface area contributed by atoms with E-state index in [9.17, 15) is 0 Å². The summed E-state index contributed by atoms with van der Waals surface area (Å²) in [4.78, 5) is 9.05. The summed E-state index contributed by atoms with van der Waals surface area (Å²) >= 11 is 0. The molecule has 1 aliphatic heterocycles. The molecule has 1 aliphatic rings. The van der Waals surface area contributed by atoms with E-state index in [4.69, 9.17) is 4.42 Å². The van der Waals surface area contributed by atoms with Gasteiger partial charge in [0.1, 0.15) is 0 Å². The predicted molar refractivity (Wildman–Crippen MR) is 59.9 cm³/mol. The summed E-state index contributed by atoms with van der Waals surface area (Å²) in [5.74, 6) is 1.42. The highest BCUT2D eigenvalue weighted by Gasteiger charge is 2.16. The van der Waals surface area contributed by atoms with Gasteiger partial charge in [0.05, 0.1) is 12.0 Å². The third-order valence-corrected chi connectivity index (χ3v) is 2.89. The molecule has 0 radical (unpaired) electrons. The molecule has 0 aliphatic carbocycles. The van der Waals surface area contributed by atoms with Crippen LogP contribution in [-0.2, 0) is 13.0 Å². The Kier molecular flexibility index (Phi) is 2.22. The van der Waals surface area contributed by atoms with Gasteiger partial charge in [0, 0.05) is 12.2 Å². The Morgan fingerprint density at radius 3 is 3.12 bits per heavy atom. The lowest BCUT2D eigenvalue weighted by Gasteiger charge is -2.18.